The van der Waals surface area contributed by atoms with Gasteiger partial charge in [0.1, 0.15) is 11.5 Å². The lowest BCUT2D eigenvalue weighted by Gasteiger charge is -2.18. The van der Waals surface area contributed by atoms with E-state index in [1.54, 1.807) is 18.2 Å². The van der Waals surface area contributed by atoms with Crippen molar-refractivity contribution in [2.24, 2.45) is 5.92 Å². The van der Waals surface area contributed by atoms with Crippen LogP contribution < -0.4 is 0 Å². The summed E-state index contributed by atoms with van der Waals surface area (Å²) in [7, 11) is 0. The standard InChI is InChI=1S/C20H18F3N3O.ClH/c21-20(22,23)18-12-15(5-8-24-18)14-2-3-16-17(11-14)26-19(25-16)4-1-13-6-9-27-10-7-13;/h1-5,8,11-13H,6-7,9-10H2,(H,25,26);1H. The highest BCUT2D eigenvalue weighted by Crippen LogP contribution is 2.31. The Morgan fingerprint density at radius 2 is 1.82 bits per heavy atom. The van der Waals surface area contributed by atoms with Gasteiger partial charge in [-0.25, -0.2) is 4.98 Å². The molecule has 148 valence electrons. The first-order valence-electron chi connectivity index (χ1n) is 8.78. The maximum atomic E-state index is 12.9. The molecule has 3 heterocycles. The SMILES string of the molecule is Cl.FC(F)(F)c1cc(-c2ccc3[nH]c(C=CC4CCOCC4)nc3c2)ccn1. The molecule has 0 amide bonds. The molecule has 28 heavy (non-hydrogen) atoms. The first-order chi connectivity index (χ1) is 13.0. The number of pyridine rings is 1. The molecule has 0 radical (unpaired) electrons. The number of aromatic amines is 1. The van der Waals surface area contributed by atoms with Gasteiger partial charge in [-0.15, -0.1) is 12.4 Å². The monoisotopic (exact) mass is 409 g/mol. The van der Waals surface area contributed by atoms with Crippen molar-refractivity contribution in [3.05, 3.63) is 54.1 Å². The van der Waals surface area contributed by atoms with Crippen molar-refractivity contribution in [2.45, 2.75) is 19.0 Å². The lowest BCUT2D eigenvalue weighted by molar-refractivity contribution is -0.141. The van der Waals surface area contributed by atoms with E-state index in [1.165, 1.54) is 6.20 Å². The van der Waals surface area contributed by atoms with Crippen molar-refractivity contribution in [1.29, 1.82) is 0 Å². The summed E-state index contributed by atoms with van der Waals surface area (Å²) in [6, 6.07) is 8.01. The number of halogens is 4. The summed E-state index contributed by atoms with van der Waals surface area (Å²) in [5, 5.41) is 0. The van der Waals surface area contributed by atoms with E-state index >= 15 is 0 Å². The molecule has 8 heteroatoms. The van der Waals surface area contributed by atoms with Gasteiger partial charge in [-0.05, 0) is 60.2 Å². The van der Waals surface area contributed by atoms with E-state index in [2.05, 4.69) is 21.0 Å². The zero-order valence-electron chi connectivity index (χ0n) is 14.9. The summed E-state index contributed by atoms with van der Waals surface area (Å²) in [6.45, 7) is 1.56. The third-order valence-corrected chi connectivity index (χ3v) is 4.68. The van der Waals surface area contributed by atoms with Gasteiger partial charge in [0.2, 0.25) is 0 Å². The first kappa shape index (κ1) is 20.4. The van der Waals surface area contributed by atoms with E-state index in [0.717, 1.165) is 43.5 Å². The number of aromatic nitrogens is 3. The number of nitrogens with one attached hydrogen (secondary N) is 1. The third-order valence-electron chi connectivity index (χ3n) is 4.68. The quantitative estimate of drug-likeness (QED) is 0.621. The summed E-state index contributed by atoms with van der Waals surface area (Å²) in [5.41, 5.74) is 1.78. The highest BCUT2D eigenvalue weighted by Gasteiger charge is 2.32. The largest absolute Gasteiger partial charge is 0.433 e. The predicted molar refractivity (Wildman–Crippen MR) is 104 cm³/mol. The molecule has 4 nitrogen and oxygen atoms in total. The molecule has 1 aromatic carbocycles. The van der Waals surface area contributed by atoms with Gasteiger partial charge in [0.15, 0.2) is 0 Å². The molecule has 0 unspecified atom stereocenters. The number of ether oxygens (including phenoxy) is 1. The van der Waals surface area contributed by atoms with Gasteiger partial charge in [-0.3, -0.25) is 4.98 Å². The van der Waals surface area contributed by atoms with Gasteiger partial charge in [0.05, 0.1) is 11.0 Å². The molecule has 0 aliphatic carbocycles. The fraction of sp³-hybridized carbons (Fsp3) is 0.300. The molecule has 2 aromatic heterocycles. The number of hydrogen-bond donors (Lipinski definition) is 1. The third kappa shape index (κ3) is 4.54. The minimum Gasteiger partial charge on any atom is -0.381 e. The molecule has 1 aliphatic rings. The second-order valence-electron chi connectivity index (χ2n) is 6.59. The molecule has 1 saturated heterocycles. The van der Waals surface area contributed by atoms with Gasteiger partial charge in [-0.2, -0.15) is 13.2 Å². The molecule has 0 atom stereocenters. The fourth-order valence-corrected chi connectivity index (χ4v) is 3.18. The van der Waals surface area contributed by atoms with Crippen LogP contribution in [0.1, 0.15) is 24.4 Å². The second kappa shape index (κ2) is 8.32. The maximum absolute atomic E-state index is 12.9. The minimum atomic E-state index is -4.46. The fourth-order valence-electron chi connectivity index (χ4n) is 3.18. The van der Waals surface area contributed by atoms with Crippen LogP contribution in [0.15, 0.2) is 42.6 Å². The Bertz CT molecular complexity index is 978. The van der Waals surface area contributed by atoms with E-state index in [1.807, 2.05) is 12.1 Å². The number of alkyl halides is 3. The molecule has 1 aliphatic heterocycles. The van der Waals surface area contributed by atoms with Crippen molar-refractivity contribution in [3.63, 3.8) is 0 Å². The number of benzene rings is 1. The summed E-state index contributed by atoms with van der Waals surface area (Å²) in [6.07, 6.45) is 2.82. The highest BCUT2D eigenvalue weighted by atomic mass is 35.5. The normalized spacial score (nSPS) is 15.8. The van der Waals surface area contributed by atoms with Crippen molar-refractivity contribution in [2.75, 3.05) is 13.2 Å². The Balaban J connectivity index is 0.00000225. The number of hydrogen-bond acceptors (Lipinski definition) is 3. The van der Waals surface area contributed by atoms with E-state index in [9.17, 15) is 13.2 Å². The molecule has 1 N–H and O–H groups in total. The van der Waals surface area contributed by atoms with Crippen LogP contribution >= 0.6 is 12.4 Å². The van der Waals surface area contributed by atoms with Crippen LogP contribution in [-0.2, 0) is 10.9 Å². The van der Waals surface area contributed by atoms with Crippen LogP contribution in [0.4, 0.5) is 13.2 Å². The molecule has 0 spiro atoms. The zero-order valence-corrected chi connectivity index (χ0v) is 15.7. The van der Waals surface area contributed by atoms with Crippen LogP contribution in [-0.4, -0.2) is 28.2 Å². The minimum absolute atomic E-state index is 0. The Labute approximate surface area is 166 Å². The molecule has 3 aromatic rings. The second-order valence-corrected chi connectivity index (χ2v) is 6.59. The topological polar surface area (TPSA) is 50.8 Å². The van der Waals surface area contributed by atoms with Crippen molar-refractivity contribution in [1.82, 2.24) is 15.0 Å². The number of imidazole rings is 1. The molecular weight excluding hydrogens is 391 g/mol. The van der Waals surface area contributed by atoms with E-state index < -0.39 is 11.9 Å². The summed E-state index contributed by atoms with van der Waals surface area (Å²) >= 11 is 0. The Morgan fingerprint density at radius 1 is 1.07 bits per heavy atom. The van der Waals surface area contributed by atoms with Crippen LogP contribution in [0.2, 0.25) is 0 Å². The van der Waals surface area contributed by atoms with Crippen molar-refractivity contribution < 1.29 is 17.9 Å². The molecular formula is C20H19ClF3N3O. The van der Waals surface area contributed by atoms with Gasteiger partial charge < -0.3 is 9.72 Å². The van der Waals surface area contributed by atoms with Gasteiger partial charge >= 0.3 is 6.18 Å². The highest BCUT2D eigenvalue weighted by molar-refractivity contribution is 5.85. The molecule has 1 fully saturated rings. The average Bonchev–Trinajstić information content (AvgIpc) is 3.09. The first-order valence-corrected chi connectivity index (χ1v) is 8.78. The smallest absolute Gasteiger partial charge is 0.381 e. The number of H-pyrrole nitrogens is 1. The molecule has 4 rings (SSSR count). The lowest BCUT2D eigenvalue weighted by atomic mass is 10.00. The van der Waals surface area contributed by atoms with Gasteiger partial charge in [0.25, 0.3) is 0 Å². The summed E-state index contributed by atoms with van der Waals surface area (Å²) in [4.78, 5) is 11.2. The predicted octanol–water partition coefficient (Wildman–Crippen LogP) is 5.51. The zero-order chi connectivity index (χ0) is 18.9. The number of allylic oxidation sites excluding steroid dienone is 1. The number of nitrogens with zero attached hydrogens (tertiary/aromatic N) is 2. The van der Waals surface area contributed by atoms with E-state index in [4.69, 9.17) is 4.74 Å². The van der Waals surface area contributed by atoms with Crippen LogP contribution in [0, 0.1) is 5.92 Å². The van der Waals surface area contributed by atoms with Crippen molar-refractivity contribution in [3.8, 4) is 11.1 Å². The number of rotatable bonds is 3. The van der Waals surface area contributed by atoms with Gasteiger partial charge in [-0.1, -0.05) is 12.1 Å². The maximum Gasteiger partial charge on any atom is 0.433 e. The molecule has 0 bridgehead atoms. The Hall–Kier alpha value is -2.38. The summed E-state index contributed by atoms with van der Waals surface area (Å²) < 4.78 is 44.0. The number of fused-ring (bicyclic) bond motifs is 1. The summed E-state index contributed by atoms with van der Waals surface area (Å²) in [5.74, 6) is 1.22. The van der Waals surface area contributed by atoms with Crippen LogP contribution in [0.5, 0.6) is 0 Å². The van der Waals surface area contributed by atoms with Crippen LogP contribution in [0.3, 0.4) is 0 Å². The van der Waals surface area contributed by atoms with Crippen LogP contribution in [0.25, 0.3) is 28.2 Å². The average molecular weight is 410 g/mol. The van der Waals surface area contributed by atoms with E-state index in [0.29, 0.717) is 22.6 Å². The Morgan fingerprint density at radius 3 is 2.57 bits per heavy atom. The Kier molecular flexibility index (Phi) is 6.05. The van der Waals surface area contributed by atoms with Crippen molar-refractivity contribution >= 4 is 29.5 Å². The lowest BCUT2D eigenvalue weighted by Crippen LogP contribution is -2.13. The molecule has 0 saturated carbocycles. The van der Waals surface area contributed by atoms with E-state index in [-0.39, 0.29) is 12.4 Å². The van der Waals surface area contributed by atoms with Gasteiger partial charge in [0, 0.05) is 19.4 Å².